The zero-order valence-electron chi connectivity index (χ0n) is 14.5. The van der Waals surface area contributed by atoms with E-state index in [1.165, 1.54) is 0 Å². The second-order valence-electron chi connectivity index (χ2n) is 6.17. The van der Waals surface area contributed by atoms with Crippen molar-refractivity contribution in [2.24, 2.45) is 7.05 Å². The first-order valence-electron chi connectivity index (χ1n) is 8.26. The van der Waals surface area contributed by atoms with Gasteiger partial charge in [0.1, 0.15) is 11.5 Å². The molecule has 0 saturated carbocycles. The van der Waals surface area contributed by atoms with Crippen LogP contribution in [0.4, 0.5) is 0 Å². The summed E-state index contributed by atoms with van der Waals surface area (Å²) in [7, 11) is 1.97. The maximum atomic E-state index is 11.9. The number of aryl methyl sites for hydroxylation is 2. The van der Waals surface area contributed by atoms with Crippen LogP contribution in [-0.2, 0) is 18.3 Å². The van der Waals surface area contributed by atoms with E-state index in [0.29, 0.717) is 18.7 Å². The van der Waals surface area contributed by atoms with E-state index in [0.717, 1.165) is 22.0 Å². The number of hydrogen-bond acceptors (Lipinski definition) is 3. The highest BCUT2D eigenvalue weighted by atomic mass is 16.5. The van der Waals surface area contributed by atoms with Gasteiger partial charge in [0, 0.05) is 30.7 Å². The number of phenolic OH excluding ortho intramolecular Hbond substituents is 1. The fraction of sp³-hybridized carbons (Fsp3) is 0.250. The van der Waals surface area contributed by atoms with Crippen molar-refractivity contribution in [3.8, 4) is 11.5 Å². The summed E-state index contributed by atoms with van der Waals surface area (Å²) in [6, 6.07) is 12.9. The van der Waals surface area contributed by atoms with E-state index in [1.807, 2.05) is 55.1 Å². The van der Waals surface area contributed by atoms with E-state index in [9.17, 15) is 9.90 Å². The molecular weight excluding hydrogens is 316 g/mol. The van der Waals surface area contributed by atoms with Gasteiger partial charge in [0.15, 0.2) is 6.61 Å². The Kier molecular flexibility index (Phi) is 4.93. The van der Waals surface area contributed by atoms with Crippen molar-refractivity contribution >= 4 is 16.8 Å². The van der Waals surface area contributed by atoms with Gasteiger partial charge in [0.05, 0.1) is 0 Å². The van der Waals surface area contributed by atoms with Crippen molar-refractivity contribution in [3.05, 3.63) is 59.8 Å². The highest BCUT2D eigenvalue weighted by Gasteiger charge is 2.08. The van der Waals surface area contributed by atoms with Gasteiger partial charge in [0.25, 0.3) is 5.91 Å². The minimum Gasteiger partial charge on any atom is -0.508 e. The fourth-order valence-electron chi connectivity index (χ4n) is 2.83. The summed E-state index contributed by atoms with van der Waals surface area (Å²) < 4.78 is 7.49. The normalized spacial score (nSPS) is 10.8. The van der Waals surface area contributed by atoms with E-state index in [2.05, 4.69) is 5.32 Å². The molecule has 5 heteroatoms. The standard InChI is InChI=1S/C20H22N2O3/c1-14-3-6-17(7-4-14)25-13-20(24)21-10-9-15-12-22(2)19-8-5-16(23)11-18(15)19/h3-8,11-12,23H,9-10,13H2,1-2H3,(H,21,24). The van der Waals surface area contributed by atoms with Gasteiger partial charge >= 0.3 is 0 Å². The molecule has 0 aliphatic carbocycles. The molecule has 0 spiro atoms. The SMILES string of the molecule is Cc1ccc(OCC(=O)NCCc2cn(C)c3ccc(O)cc23)cc1. The van der Waals surface area contributed by atoms with Gasteiger partial charge in [-0.2, -0.15) is 0 Å². The minimum absolute atomic E-state index is 0.000609. The highest BCUT2D eigenvalue weighted by Crippen LogP contribution is 2.25. The van der Waals surface area contributed by atoms with Crippen molar-refractivity contribution in [1.29, 1.82) is 0 Å². The lowest BCUT2D eigenvalue weighted by Crippen LogP contribution is -2.30. The summed E-state index contributed by atoms with van der Waals surface area (Å²) in [6.07, 6.45) is 2.72. The van der Waals surface area contributed by atoms with Crippen LogP contribution in [0.2, 0.25) is 0 Å². The van der Waals surface area contributed by atoms with Gasteiger partial charge in [-0.1, -0.05) is 17.7 Å². The van der Waals surface area contributed by atoms with E-state index in [1.54, 1.807) is 12.1 Å². The van der Waals surface area contributed by atoms with Crippen molar-refractivity contribution < 1.29 is 14.6 Å². The van der Waals surface area contributed by atoms with E-state index in [-0.39, 0.29) is 18.3 Å². The Morgan fingerprint density at radius 3 is 2.72 bits per heavy atom. The summed E-state index contributed by atoms with van der Waals surface area (Å²) in [4.78, 5) is 11.9. The number of rotatable bonds is 6. The van der Waals surface area contributed by atoms with E-state index in [4.69, 9.17) is 4.74 Å². The van der Waals surface area contributed by atoms with Crippen LogP contribution in [0.5, 0.6) is 11.5 Å². The number of ether oxygens (including phenoxy) is 1. The quantitative estimate of drug-likeness (QED) is 0.726. The number of carbonyl (C=O) groups is 1. The molecule has 3 aromatic rings. The number of benzene rings is 2. The molecule has 130 valence electrons. The topological polar surface area (TPSA) is 63.5 Å². The summed E-state index contributed by atoms with van der Waals surface area (Å²) in [5, 5.41) is 13.6. The van der Waals surface area contributed by atoms with Gasteiger partial charge < -0.3 is 19.7 Å². The Morgan fingerprint density at radius 2 is 1.96 bits per heavy atom. The Bertz CT molecular complexity index is 882. The molecule has 0 aliphatic rings. The van der Waals surface area contributed by atoms with Crippen LogP contribution in [0, 0.1) is 6.92 Å². The molecule has 2 N–H and O–H groups in total. The number of aromatic nitrogens is 1. The monoisotopic (exact) mass is 338 g/mol. The maximum absolute atomic E-state index is 11.9. The number of amides is 1. The van der Waals surface area contributed by atoms with Crippen LogP contribution in [0.1, 0.15) is 11.1 Å². The molecule has 0 unspecified atom stereocenters. The van der Waals surface area contributed by atoms with Gasteiger partial charge in [-0.3, -0.25) is 4.79 Å². The fourth-order valence-corrected chi connectivity index (χ4v) is 2.83. The summed E-state index contributed by atoms with van der Waals surface area (Å²) in [5.74, 6) is 0.782. The first-order chi connectivity index (χ1) is 12.0. The van der Waals surface area contributed by atoms with Gasteiger partial charge in [0.2, 0.25) is 0 Å². The van der Waals surface area contributed by atoms with Crippen LogP contribution < -0.4 is 10.1 Å². The van der Waals surface area contributed by atoms with Crippen LogP contribution in [0.3, 0.4) is 0 Å². The molecule has 0 aliphatic heterocycles. The molecule has 0 saturated heterocycles. The first-order valence-corrected chi connectivity index (χ1v) is 8.26. The molecule has 0 radical (unpaired) electrons. The zero-order chi connectivity index (χ0) is 17.8. The van der Waals surface area contributed by atoms with Crippen molar-refractivity contribution in [3.63, 3.8) is 0 Å². The van der Waals surface area contributed by atoms with Crippen molar-refractivity contribution in [1.82, 2.24) is 9.88 Å². The number of fused-ring (bicyclic) bond motifs is 1. The predicted octanol–water partition coefficient (Wildman–Crippen LogP) is 2.93. The third kappa shape index (κ3) is 4.12. The molecule has 1 aromatic heterocycles. The van der Waals surface area contributed by atoms with Crippen molar-refractivity contribution in [2.75, 3.05) is 13.2 Å². The Labute approximate surface area is 146 Å². The zero-order valence-corrected chi connectivity index (χ0v) is 14.5. The second kappa shape index (κ2) is 7.30. The molecule has 1 amide bonds. The van der Waals surface area contributed by atoms with Gasteiger partial charge in [-0.05, 0) is 49.2 Å². The molecule has 0 atom stereocenters. The third-order valence-electron chi connectivity index (χ3n) is 4.16. The van der Waals surface area contributed by atoms with E-state index < -0.39 is 0 Å². The lowest BCUT2D eigenvalue weighted by Gasteiger charge is -2.07. The summed E-state index contributed by atoms with van der Waals surface area (Å²) in [6.45, 7) is 2.52. The average molecular weight is 338 g/mol. The Balaban J connectivity index is 1.51. The number of phenols is 1. The predicted molar refractivity (Wildman–Crippen MR) is 98.0 cm³/mol. The molecule has 25 heavy (non-hydrogen) atoms. The molecule has 3 rings (SSSR count). The number of aromatic hydroxyl groups is 1. The molecule has 0 bridgehead atoms. The molecule has 0 fully saturated rings. The number of nitrogens with one attached hydrogen (secondary N) is 1. The largest absolute Gasteiger partial charge is 0.508 e. The number of nitrogens with zero attached hydrogens (tertiary/aromatic N) is 1. The van der Waals surface area contributed by atoms with Crippen molar-refractivity contribution in [2.45, 2.75) is 13.3 Å². The average Bonchev–Trinajstić information content (AvgIpc) is 2.90. The van der Waals surface area contributed by atoms with Crippen LogP contribution in [-0.4, -0.2) is 28.7 Å². The second-order valence-corrected chi connectivity index (χ2v) is 6.17. The summed E-state index contributed by atoms with van der Waals surface area (Å²) >= 11 is 0. The smallest absolute Gasteiger partial charge is 0.257 e. The molecule has 2 aromatic carbocycles. The molecular formula is C20H22N2O3. The van der Waals surface area contributed by atoms with Crippen LogP contribution >= 0.6 is 0 Å². The Hall–Kier alpha value is -2.95. The van der Waals surface area contributed by atoms with Gasteiger partial charge in [-0.15, -0.1) is 0 Å². The third-order valence-corrected chi connectivity index (χ3v) is 4.16. The van der Waals surface area contributed by atoms with Crippen LogP contribution in [0.15, 0.2) is 48.7 Å². The van der Waals surface area contributed by atoms with Crippen LogP contribution in [0.25, 0.3) is 10.9 Å². The van der Waals surface area contributed by atoms with Gasteiger partial charge in [-0.25, -0.2) is 0 Å². The lowest BCUT2D eigenvalue weighted by atomic mass is 10.1. The Morgan fingerprint density at radius 1 is 1.20 bits per heavy atom. The van der Waals surface area contributed by atoms with E-state index >= 15 is 0 Å². The molecule has 1 heterocycles. The number of hydrogen-bond donors (Lipinski definition) is 2. The minimum atomic E-state index is -0.149. The maximum Gasteiger partial charge on any atom is 0.257 e. The summed E-state index contributed by atoms with van der Waals surface area (Å²) in [5.41, 5.74) is 3.30. The lowest BCUT2D eigenvalue weighted by molar-refractivity contribution is -0.123. The molecule has 5 nitrogen and oxygen atoms in total. The number of carbonyl (C=O) groups excluding carboxylic acids is 1. The first kappa shape index (κ1) is 16.9. The highest BCUT2D eigenvalue weighted by molar-refractivity contribution is 5.85.